The SMILES string of the molecule is CCCC[C@@H](CC)CNS(=O)(=O)c1cc2c(cc1OC)CCCC2. The Morgan fingerprint density at radius 2 is 1.83 bits per heavy atom. The van der Waals surface area contributed by atoms with Crippen LogP contribution in [0.25, 0.3) is 0 Å². The van der Waals surface area contributed by atoms with Gasteiger partial charge in [-0.1, -0.05) is 33.1 Å². The average molecular weight is 354 g/mol. The van der Waals surface area contributed by atoms with Crippen LogP contribution in [0.1, 0.15) is 63.5 Å². The van der Waals surface area contributed by atoms with E-state index in [1.165, 1.54) is 5.56 Å². The lowest BCUT2D eigenvalue weighted by molar-refractivity contribution is 0.400. The molecule has 0 fully saturated rings. The molecule has 0 spiro atoms. The standard InChI is InChI=1S/C19H31NO3S/c1-4-6-9-15(5-2)14-20-24(21,22)19-13-17-11-8-7-10-16(17)12-18(19)23-3/h12-13,15,20H,4-11,14H2,1-3H3/t15-/m1/s1. The Morgan fingerprint density at radius 3 is 2.42 bits per heavy atom. The second-order valence-electron chi connectivity index (χ2n) is 6.75. The molecule has 136 valence electrons. The van der Waals surface area contributed by atoms with Gasteiger partial charge < -0.3 is 4.74 Å². The summed E-state index contributed by atoms with van der Waals surface area (Å²) in [5, 5.41) is 0. The molecule has 1 aromatic carbocycles. The van der Waals surface area contributed by atoms with E-state index in [0.717, 1.165) is 56.9 Å². The normalized spacial score (nSPS) is 15.8. The summed E-state index contributed by atoms with van der Waals surface area (Å²) in [6.07, 6.45) is 8.59. The summed E-state index contributed by atoms with van der Waals surface area (Å²) >= 11 is 0. The third-order valence-corrected chi connectivity index (χ3v) is 6.47. The van der Waals surface area contributed by atoms with Gasteiger partial charge >= 0.3 is 0 Å². The van der Waals surface area contributed by atoms with Crippen LogP contribution in [0.2, 0.25) is 0 Å². The Labute approximate surface area is 147 Å². The van der Waals surface area contributed by atoms with Crippen molar-refractivity contribution in [3.8, 4) is 5.75 Å². The van der Waals surface area contributed by atoms with Crippen LogP contribution < -0.4 is 9.46 Å². The van der Waals surface area contributed by atoms with E-state index in [-0.39, 0.29) is 4.90 Å². The number of ether oxygens (including phenoxy) is 1. The van der Waals surface area contributed by atoms with Gasteiger partial charge in [0.1, 0.15) is 10.6 Å². The van der Waals surface area contributed by atoms with Crippen molar-refractivity contribution in [2.75, 3.05) is 13.7 Å². The quantitative estimate of drug-likeness (QED) is 0.728. The third kappa shape index (κ3) is 4.73. The predicted octanol–water partition coefficient (Wildman–Crippen LogP) is 4.07. The summed E-state index contributed by atoms with van der Waals surface area (Å²) in [4.78, 5) is 0.288. The van der Waals surface area contributed by atoms with Crippen LogP contribution in [-0.4, -0.2) is 22.1 Å². The number of methoxy groups -OCH3 is 1. The first-order valence-electron chi connectivity index (χ1n) is 9.21. The van der Waals surface area contributed by atoms with E-state index in [0.29, 0.717) is 18.2 Å². The molecule has 0 radical (unpaired) electrons. The van der Waals surface area contributed by atoms with E-state index in [2.05, 4.69) is 18.6 Å². The van der Waals surface area contributed by atoms with Crippen molar-refractivity contribution in [1.29, 1.82) is 0 Å². The van der Waals surface area contributed by atoms with Crippen molar-refractivity contribution in [3.05, 3.63) is 23.3 Å². The van der Waals surface area contributed by atoms with Gasteiger partial charge in [-0.05, 0) is 61.3 Å². The zero-order chi connectivity index (χ0) is 17.6. The van der Waals surface area contributed by atoms with Gasteiger partial charge in [0.2, 0.25) is 10.0 Å². The second kappa shape index (κ2) is 8.86. The predicted molar refractivity (Wildman–Crippen MR) is 98.1 cm³/mol. The smallest absolute Gasteiger partial charge is 0.244 e. The van der Waals surface area contributed by atoms with Crippen LogP contribution in [0, 0.1) is 5.92 Å². The molecule has 0 saturated carbocycles. The number of sulfonamides is 1. The number of benzene rings is 1. The highest BCUT2D eigenvalue weighted by Crippen LogP contribution is 2.32. The van der Waals surface area contributed by atoms with Gasteiger partial charge in [0.15, 0.2) is 0 Å². The van der Waals surface area contributed by atoms with Crippen molar-refractivity contribution in [2.45, 2.75) is 70.1 Å². The Kier molecular flexibility index (Phi) is 7.11. The molecule has 1 N–H and O–H groups in total. The number of rotatable bonds is 9. The van der Waals surface area contributed by atoms with E-state index >= 15 is 0 Å². The molecule has 1 atom stereocenters. The highest BCUT2D eigenvalue weighted by atomic mass is 32.2. The fourth-order valence-electron chi connectivity index (χ4n) is 3.36. The second-order valence-corrected chi connectivity index (χ2v) is 8.48. The van der Waals surface area contributed by atoms with Gasteiger partial charge in [-0.15, -0.1) is 0 Å². The molecule has 1 aliphatic carbocycles. The summed E-state index contributed by atoms with van der Waals surface area (Å²) in [5.74, 6) is 0.855. The van der Waals surface area contributed by atoms with Crippen molar-refractivity contribution >= 4 is 10.0 Å². The summed E-state index contributed by atoms with van der Waals surface area (Å²) in [6.45, 7) is 4.78. The largest absolute Gasteiger partial charge is 0.495 e. The van der Waals surface area contributed by atoms with Gasteiger partial charge in [0.05, 0.1) is 7.11 Å². The van der Waals surface area contributed by atoms with E-state index in [1.807, 2.05) is 12.1 Å². The van der Waals surface area contributed by atoms with Crippen molar-refractivity contribution in [3.63, 3.8) is 0 Å². The third-order valence-electron chi connectivity index (χ3n) is 5.02. The Hall–Kier alpha value is -1.07. The molecule has 0 aliphatic heterocycles. The maximum Gasteiger partial charge on any atom is 0.244 e. The Morgan fingerprint density at radius 1 is 1.17 bits per heavy atom. The lowest BCUT2D eigenvalue weighted by atomic mass is 9.92. The number of aryl methyl sites for hydroxylation is 2. The first-order chi connectivity index (χ1) is 11.5. The molecule has 1 aromatic rings. The molecule has 5 heteroatoms. The van der Waals surface area contributed by atoms with Crippen LogP contribution in [0.4, 0.5) is 0 Å². The summed E-state index contributed by atoms with van der Waals surface area (Å²) < 4.78 is 33.8. The minimum absolute atomic E-state index is 0.288. The lowest BCUT2D eigenvalue weighted by Crippen LogP contribution is -2.30. The van der Waals surface area contributed by atoms with Crippen molar-refractivity contribution in [2.24, 2.45) is 5.92 Å². The van der Waals surface area contributed by atoms with Gasteiger partial charge in [-0.3, -0.25) is 0 Å². The maximum absolute atomic E-state index is 12.8. The Balaban J connectivity index is 2.18. The van der Waals surface area contributed by atoms with Crippen LogP contribution in [0.5, 0.6) is 5.75 Å². The molecule has 0 aromatic heterocycles. The molecular formula is C19H31NO3S. The summed E-state index contributed by atoms with van der Waals surface area (Å²) in [7, 11) is -2.00. The van der Waals surface area contributed by atoms with E-state index < -0.39 is 10.0 Å². The highest BCUT2D eigenvalue weighted by Gasteiger charge is 2.23. The molecular weight excluding hydrogens is 322 g/mol. The van der Waals surface area contributed by atoms with E-state index in [4.69, 9.17) is 4.74 Å². The minimum Gasteiger partial charge on any atom is -0.495 e. The van der Waals surface area contributed by atoms with Gasteiger partial charge in [-0.25, -0.2) is 13.1 Å². The van der Waals surface area contributed by atoms with Crippen LogP contribution in [0.15, 0.2) is 17.0 Å². The zero-order valence-corrected chi connectivity index (χ0v) is 16.0. The number of fused-ring (bicyclic) bond motifs is 1. The van der Waals surface area contributed by atoms with Gasteiger partial charge in [0, 0.05) is 6.54 Å². The summed E-state index contributed by atoms with van der Waals surface area (Å²) in [5.41, 5.74) is 2.38. The zero-order valence-electron chi connectivity index (χ0n) is 15.2. The molecule has 0 bridgehead atoms. The molecule has 0 heterocycles. The number of hydrogen-bond acceptors (Lipinski definition) is 3. The van der Waals surface area contributed by atoms with Gasteiger partial charge in [0.25, 0.3) is 0 Å². The van der Waals surface area contributed by atoms with Crippen LogP contribution >= 0.6 is 0 Å². The molecule has 1 aliphatic rings. The topological polar surface area (TPSA) is 55.4 Å². The average Bonchev–Trinajstić information content (AvgIpc) is 2.60. The fraction of sp³-hybridized carbons (Fsp3) is 0.684. The molecule has 4 nitrogen and oxygen atoms in total. The highest BCUT2D eigenvalue weighted by molar-refractivity contribution is 7.89. The molecule has 0 saturated heterocycles. The number of unbranched alkanes of at least 4 members (excludes halogenated alkanes) is 1. The number of hydrogen-bond donors (Lipinski definition) is 1. The Bertz CT molecular complexity index is 640. The summed E-state index contributed by atoms with van der Waals surface area (Å²) in [6, 6.07) is 3.74. The fourth-order valence-corrected chi connectivity index (χ4v) is 4.67. The molecule has 0 unspecified atom stereocenters. The first-order valence-corrected chi connectivity index (χ1v) is 10.7. The molecule has 24 heavy (non-hydrogen) atoms. The minimum atomic E-state index is -3.54. The monoisotopic (exact) mass is 353 g/mol. The van der Waals surface area contributed by atoms with Crippen LogP contribution in [-0.2, 0) is 22.9 Å². The van der Waals surface area contributed by atoms with Crippen LogP contribution in [0.3, 0.4) is 0 Å². The lowest BCUT2D eigenvalue weighted by Gasteiger charge is -2.20. The first kappa shape index (κ1) is 19.3. The van der Waals surface area contributed by atoms with E-state index in [9.17, 15) is 8.42 Å². The van der Waals surface area contributed by atoms with Crippen molar-refractivity contribution in [1.82, 2.24) is 4.72 Å². The maximum atomic E-state index is 12.8. The molecule has 2 rings (SSSR count). The van der Waals surface area contributed by atoms with Gasteiger partial charge in [-0.2, -0.15) is 0 Å². The van der Waals surface area contributed by atoms with Crippen molar-refractivity contribution < 1.29 is 13.2 Å². The number of nitrogens with one attached hydrogen (secondary N) is 1. The molecule has 0 amide bonds. The van der Waals surface area contributed by atoms with E-state index in [1.54, 1.807) is 7.11 Å².